The summed E-state index contributed by atoms with van der Waals surface area (Å²) in [6.45, 7) is 1.82. The van der Waals surface area contributed by atoms with E-state index in [2.05, 4.69) is 0 Å². The summed E-state index contributed by atoms with van der Waals surface area (Å²) in [5.74, 6) is -0.708. The van der Waals surface area contributed by atoms with Crippen LogP contribution < -0.4 is 5.73 Å². The summed E-state index contributed by atoms with van der Waals surface area (Å²) in [6.07, 6.45) is 3.81. The molecule has 1 unspecified atom stereocenters. The fourth-order valence-electron chi connectivity index (χ4n) is 3.09. The summed E-state index contributed by atoms with van der Waals surface area (Å²) in [5.41, 5.74) is 5.28. The van der Waals surface area contributed by atoms with Crippen molar-refractivity contribution in [2.45, 2.75) is 25.7 Å². The van der Waals surface area contributed by atoms with Gasteiger partial charge < -0.3 is 10.6 Å². The van der Waals surface area contributed by atoms with Crippen LogP contribution in [0.5, 0.6) is 0 Å². The Labute approximate surface area is 125 Å². The van der Waals surface area contributed by atoms with E-state index in [4.69, 9.17) is 5.73 Å². The fraction of sp³-hybridized carbons (Fsp3) is 0.846. The molecule has 8 heteroatoms. The molecule has 0 spiro atoms. The lowest BCUT2D eigenvalue weighted by atomic mass is 9.93. The first-order chi connectivity index (χ1) is 9.79. The minimum Gasteiger partial charge on any atom is -0.369 e. The monoisotopic (exact) mass is 317 g/mol. The van der Waals surface area contributed by atoms with Gasteiger partial charge in [-0.3, -0.25) is 9.59 Å². The number of nitrogens with two attached hydrogens (primary N) is 1. The number of carbonyl (C=O) groups excluding carboxylic acids is 2. The van der Waals surface area contributed by atoms with Gasteiger partial charge >= 0.3 is 0 Å². The van der Waals surface area contributed by atoms with Crippen LogP contribution >= 0.6 is 0 Å². The maximum absolute atomic E-state index is 12.5. The molecule has 7 nitrogen and oxygen atoms in total. The van der Waals surface area contributed by atoms with Gasteiger partial charge in [-0.25, -0.2) is 12.7 Å². The fourth-order valence-corrected chi connectivity index (χ4v) is 4.00. The van der Waals surface area contributed by atoms with E-state index < -0.39 is 10.0 Å². The van der Waals surface area contributed by atoms with Crippen molar-refractivity contribution in [3.63, 3.8) is 0 Å². The van der Waals surface area contributed by atoms with Gasteiger partial charge in [0.25, 0.3) is 0 Å². The number of sulfonamides is 1. The highest BCUT2D eigenvalue weighted by Gasteiger charge is 2.34. The van der Waals surface area contributed by atoms with Crippen molar-refractivity contribution in [1.29, 1.82) is 0 Å². The van der Waals surface area contributed by atoms with Crippen LogP contribution in [0.25, 0.3) is 0 Å². The van der Waals surface area contributed by atoms with Crippen LogP contribution in [0, 0.1) is 11.8 Å². The number of rotatable bonds is 3. The minimum atomic E-state index is -3.24. The maximum Gasteiger partial charge on any atom is 0.227 e. The zero-order valence-corrected chi connectivity index (χ0v) is 13.1. The van der Waals surface area contributed by atoms with Crippen LogP contribution in [-0.4, -0.2) is 61.9 Å². The summed E-state index contributed by atoms with van der Waals surface area (Å²) in [7, 11) is -3.24. The van der Waals surface area contributed by atoms with Crippen LogP contribution in [-0.2, 0) is 19.6 Å². The van der Waals surface area contributed by atoms with E-state index in [1.54, 1.807) is 4.90 Å². The lowest BCUT2D eigenvalue weighted by Crippen LogP contribution is -2.49. The molecule has 2 fully saturated rings. The third-order valence-electron chi connectivity index (χ3n) is 4.41. The van der Waals surface area contributed by atoms with Gasteiger partial charge in [0.1, 0.15) is 0 Å². The molecule has 21 heavy (non-hydrogen) atoms. The summed E-state index contributed by atoms with van der Waals surface area (Å²) < 4.78 is 24.6. The van der Waals surface area contributed by atoms with Crippen molar-refractivity contribution in [1.82, 2.24) is 9.21 Å². The van der Waals surface area contributed by atoms with E-state index in [-0.39, 0.29) is 30.2 Å². The van der Waals surface area contributed by atoms with E-state index in [0.717, 1.165) is 6.42 Å². The molecule has 0 aromatic carbocycles. The van der Waals surface area contributed by atoms with Crippen molar-refractivity contribution in [2.75, 3.05) is 32.4 Å². The molecule has 0 bridgehead atoms. The molecule has 0 aliphatic carbocycles. The number of likely N-dealkylation sites (tertiary alicyclic amines) is 1. The normalized spacial score (nSPS) is 25.8. The van der Waals surface area contributed by atoms with Crippen LogP contribution in [0.2, 0.25) is 0 Å². The molecule has 2 N–H and O–H groups in total. The summed E-state index contributed by atoms with van der Waals surface area (Å²) in [6, 6.07) is 0. The molecule has 1 atom stereocenters. The van der Waals surface area contributed by atoms with Gasteiger partial charge in [0, 0.05) is 32.1 Å². The molecular weight excluding hydrogens is 294 g/mol. The maximum atomic E-state index is 12.5. The molecule has 2 saturated heterocycles. The third-order valence-corrected chi connectivity index (χ3v) is 5.68. The van der Waals surface area contributed by atoms with Crippen molar-refractivity contribution in [3.8, 4) is 0 Å². The second kappa shape index (κ2) is 6.31. The largest absolute Gasteiger partial charge is 0.369 e. The first-order valence-electron chi connectivity index (χ1n) is 7.32. The standard InChI is InChI=1S/C13H23N3O4S/c1-21(19,20)16-6-2-3-11(9-16)13(18)15-7-4-10(5-8-15)12(14)17/h10-11H,2-9H2,1H3,(H2,14,17). The number of primary amides is 1. The number of hydrogen-bond acceptors (Lipinski definition) is 4. The van der Waals surface area contributed by atoms with Gasteiger partial charge in [0.2, 0.25) is 21.8 Å². The number of nitrogens with zero attached hydrogens (tertiary/aromatic N) is 2. The van der Waals surface area contributed by atoms with Gasteiger partial charge in [-0.1, -0.05) is 0 Å². The van der Waals surface area contributed by atoms with E-state index in [0.29, 0.717) is 38.9 Å². The molecule has 2 rings (SSSR count). The van der Waals surface area contributed by atoms with Crippen molar-refractivity contribution >= 4 is 21.8 Å². The molecule has 2 aliphatic rings. The Hall–Kier alpha value is -1.15. The summed E-state index contributed by atoms with van der Waals surface area (Å²) in [4.78, 5) is 25.4. The van der Waals surface area contributed by atoms with Crippen LogP contribution in [0.4, 0.5) is 0 Å². The number of hydrogen-bond donors (Lipinski definition) is 1. The number of piperidine rings is 2. The second-order valence-corrected chi connectivity index (χ2v) is 7.94. The van der Waals surface area contributed by atoms with Crippen molar-refractivity contribution in [2.24, 2.45) is 17.6 Å². The molecule has 0 saturated carbocycles. The van der Waals surface area contributed by atoms with Gasteiger partial charge in [-0.15, -0.1) is 0 Å². The Balaban J connectivity index is 1.93. The van der Waals surface area contributed by atoms with E-state index >= 15 is 0 Å². The predicted molar refractivity (Wildman–Crippen MR) is 77.6 cm³/mol. The van der Waals surface area contributed by atoms with Gasteiger partial charge in [0.15, 0.2) is 0 Å². The molecule has 0 aromatic heterocycles. The summed E-state index contributed by atoms with van der Waals surface area (Å²) in [5, 5.41) is 0. The van der Waals surface area contributed by atoms with E-state index in [9.17, 15) is 18.0 Å². The number of amides is 2. The SMILES string of the molecule is CS(=O)(=O)N1CCCC(C(=O)N2CCC(C(N)=O)CC2)C1. The zero-order chi connectivity index (χ0) is 15.6. The van der Waals surface area contributed by atoms with Gasteiger partial charge in [0.05, 0.1) is 12.2 Å². The van der Waals surface area contributed by atoms with Crippen molar-refractivity contribution in [3.05, 3.63) is 0 Å². The van der Waals surface area contributed by atoms with Crippen LogP contribution in [0.3, 0.4) is 0 Å². The highest BCUT2D eigenvalue weighted by molar-refractivity contribution is 7.88. The quantitative estimate of drug-likeness (QED) is 0.749. The van der Waals surface area contributed by atoms with Crippen LogP contribution in [0.1, 0.15) is 25.7 Å². The average molecular weight is 317 g/mol. The van der Waals surface area contributed by atoms with Crippen molar-refractivity contribution < 1.29 is 18.0 Å². The Morgan fingerprint density at radius 3 is 2.19 bits per heavy atom. The number of carbonyl (C=O) groups is 2. The molecule has 120 valence electrons. The molecule has 0 aromatic rings. The predicted octanol–water partition coefficient (Wildman–Crippen LogP) is -0.618. The lowest BCUT2D eigenvalue weighted by Gasteiger charge is -2.36. The Kier molecular flexibility index (Phi) is 4.88. The lowest BCUT2D eigenvalue weighted by molar-refractivity contribution is -0.139. The smallest absolute Gasteiger partial charge is 0.227 e. The first-order valence-corrected chi connectivity index (χ1v) is 9.17. The molecular formula is C13H23N3O4S. The first kappa shape index (κ1) is 16.2. The topological polar surface area (TPSA) is 101 Å². The van der Waals surface area contributed by atoms with E-state index in [1.165, 1.54) is 10.6 Å². The average Bonchev–Trinajstić information content (AvgIpc) is 2.46. The second-order valence-electron chi connectivity index (χ2n) is 5.96. The van der Waals surface area contributed by atoms with E-state index in [1.807, 2.05) is 0 Å². The zero-order valence-electron chi connectivity index (χ0n) is 12.3. The molecule has 2 amide bonds. The minimum absolute atomic E-state index is 0.00581. The Morgan fingerprint density at radius 2 is 1.67 bits per heavy atom. The van der Waals surface area contributed by atoms with Crippen LogP contribution in [0.15, 0.2) is 0 Å². The molecule has 2 heterocycles. The molecule has 0 radical (unpaired) electrons. The molecule has 2 aliphatic heterocycles. The Morgan fingerprint density at radius 1 is 1.05 bits per heavy atom. The summed E-state index contributed by atoms with van der Waals surface area (Å²) >= 11 is 0. The Bertz CT molecular complexity index is 512. The third kappa shape index (κ3) is 3.94. The highest BCUT2D eigenvalue weighted by atomic mass is 32.2. The van der Waals surface area contributed by atoms with Gasteiger partial charge in [-0.05, 0) is 25.7 Å². The van der Waals surface area contributed by atoms with Gasteiger partial charge in [-0.2, -0.15) is 0 Å². The highest BCUT2D eigenvalue weighted by Crippen LogP contribution is 2.24.